The number of hydrogen-bond donors (Lipinski definition) is 0. The second-order valence-electron chi connectivity index (χ2n) is 20.8. The molecule has 3 nitrogen and oxygen atoms in total. The molecule has 1 fully saturated rings. The number of hydrogen-bond acceptors (Lipinski definition) is 3. The van der Waals surface area contributed by atoms with E-state index in [2.05, 4.69) is 158 Å². The Hall–Kier alpha value is -4.44. The summed E-state index contributed by atoms with van der Waals surface area (Å²) in [6.07, 6.45) is 7.35. The van der Waals surface area contributed by atoms with Gasteiger partial charge in [0.05, 0.1) is 5.54 Å². The molecule has 0 N–H and O–H groups in total. The van der Waals surface area contributed by atoms with Crippen LogP contribution in [0.2, 0.25) is 0 Å². The lowest BCUT2D eigenvalue weighted by atomic mass is 9.43. The highest BCUT2D eigenvalue weighted by atomic mass is 16.3. The van der Waals surface area contributed by atoms with Crippen molar-refractivity contribution in [2.75, 3.05) is 9.71 Å². The Morgan fingerprint density at radius 3 is 2.13 bits per heavy atom. The predicted molar refractivity (Wildman–Crippen MR) is 234 cm³/mol. The van der Waals surface area contributed by atoms with Crippen LogP contribution in [0.25, 0.3) is 33.1 Å². The lowest BCUT2D eigenvalue weighted by Gasteiger charge is -2.53. The minimum absolute atomic E-state index is 0.0181. The van der Waals surface area contributed by atoms with E-state index in [0.717, 1.165) is 11.2 Å². The standard InChI is InChI=1S/C51H55BN2O/c1-30-24-34-43-39(18-19-41-44(43)33-28-35-36(29-42(33)55-41)49(7,8)23-22-48(35,5)6)54(32-16-12-11-13-17-32)52-38-27-31(47(2,3)4)26-37-46(38)53(40(25-30)45(34)52)51(10)21-15-14-20-50(37,51)9/h11-13,16-19,24-29H,14-15,20-23H2,1-10H3. The maximum absolute atomic E-state index is 6.96. The van der Waals surface area contributed by atoms with Gasteiger partial charge in [0.15, 0.2) is 0 Å². The SMILES string of the molecule is Cc1cc2c3c(c1)N1c4c(cc(C(C)(C)C)cc4C4(C)CCCCC14C)B3N(c1ccccc1)c1ccc3oc4cc5c(cc4c3c1-2)C(C)(C)CCC5(C)C. The van der Waals surface area contributed by atoms with Crippen molar-refractivity contribution in [1.29, 1.82) is 0 Å². The largest absolute Gasteiger partial charge is 0.456 e. The van der Waals surface area contributed by atoms with Gasteiger partial charge in [-0.1, -0.05) is 105 Å². The molecule has 0 spiro atoms. The third-order valence-corrected chi connectivity index (χ3v) is 15.6. The summed E-state index contributed by atoms with van der Waals surface area (Å²) in [5.41, 5.74) is 20.5. The predicted octanol–water partition coefficient (Wildman–Crippen LogP) is 12.5. The lowest BCUT2D eigenvalue weighted by molar-refractivity contribution is 0.195. The van der Waals surface area contributed by atoms with E-state index in [9.17, 15) is 0 Å². The Morgan fingerprint density at radius 1 is 0.691 bits per heavy atom. The third-order valence-electron chi connectivity index (χ3n) is 15.6. The van der Waals surface area contributed by atoms with Crippen molar-refractivity contribution in [1.82, 2.24) is 0 Å². The molecular formula is C51H55BN2O. The number of para-hydroxylation sites is 1. The molecule has 4 heteroatoms. The molecule has 0 amide bonds. The van der Waals surface area contributed by atoms with Crippen LogP contribution in [-0.4, -0.2) is 12.4 Å². The molecule has 5 aromatic carbocycles. The van der Waals surface area contributed by atoms with Gasteiger partial charge >= 0.3 is 6.85 Å². The number of benzene rings is 5. The van der Waals surface area contributed by atoms with Crippen LogP contribution in [0.1, 0.15) is 129 Å². The quantitative estimate of drug-likeness (QED) is 0.158. The van der Waals surface area contributed by atoms with E-state index in [1.807, 2.05) is 0 Å². The van der Waals surface area contributed by atoms with E-state index >= 15 is 0 Å². The summed E-state index contributed by atoms with van der Waals surface area (Å²) in [7, 11) is 0. The minimum atomic E-state index is -0.0188. The van der Waals surface area contributed by atoms with Gasteiger partial charge in [-0.3, -0.25) is 0 Å². The summed E-state index contributed by atoms with van der Waals surface area (Å²) in [5, 5.41) is 2.51. The Kier molecular flexibility index (Phi) is 6.46. The van der Waals surface area contributed by atoms with Crippen molar-refractivity contribution in [3.63, 3.8) is 0 Å². The van der Waals surface area contributed by atoms with Gasteiger partial charge in [0, 0.05) is 44.5 Å². The first-order valence-corrected chi connectivity index (χ1v) is 21.1. The monoisotopic (exact) mass is 722 g/mol. The summed E-state index contributed by atoms with van der Waals surface area (Å²) in [6.45, 7) is 24.5. The summed E-state index contributed by atoms with van der Waals surface area (Å²) < 4.78 is 6.96. The number of anilines is 4. The van der Waals surface area contributed by atoms with E-state index in [-0.39, 0.29) is 34.0 Å². The average molecular weight is 723 g/mol. The maximum Gasteiger partial charge on any atom is 0.333 e. The topological polar surface area (TPSA) is 19.6 Å². The number of fused-ring (bicyclic) bond motifs is 12. The van der Waals surface area contributed by atoms with Crippen LogP contribution in [0.5, 0.6) is 0 Å². The smallest absolute Gasteiger partial charge is 0.333 e. The first-order chi connectivity index (χ1) is 26.0. The van der Waals surface area contributed by atoms with Crippen LogP contribution >= 0.6 is 0 Å². The lowest BCUT2D eigenvalue weighted by Crippen LogP contribution is -2.64. The van der Waals surface area contributed by atoms with Gasteiger partial charge in [0.1, 0.15) is 11.2 Å². The normalized spacial score (nSPS) is 24.1. The highest BCUT2D eigenvalue weighted by Crippen LogP contribution is 2.63. The summed E-state index contributed by atoms with van der Waals surface area (Å²) in [5.74, 6) is 0. The molecule has 0 bridgehead atoms. The molecule has 5 aliphatic rings. The zero-order valence-electron chi connectivity index (χ0n) is 34.6. The van der Waals surface area contributed by atoms with E-state index in [1.54, 1.807) is 5.56 Å². The zero-order chi connectivity index (χ0) is 38.2. The van der Waals surface area contributed by atoms with Crippen molar-refractivity contribution < 1.29 is 4.42 Å². The third kappa shape index (κ3) is 4.19. The molecule has 278 valence electrons. The molecule has 1 aromatic heterocycles. The Morgan fingerprint density at radius 2 is 1.40 bits per heavy atom. The average Bonchev–Trinajstić information content (AvgIpc) is 3.61. The Balaban J connectivity index is 1.30. The van der Waals surface area contributed by atoms with Gasteiger partial charge in [-0.15, -0.1) is 0 Å². The van der Waals surface area contributed by atoms with Gasteiger partial charge in [-0.05, 0) is 143 Å². The van der Waals surface area contributed by atoms with E-state index in [4.69, 9.17) is 4.42 Å². The maximum atomic E-state index is 6.96. The Bertz CT molecular complexity index is 2660. The number of rotatable bonds is 1. The fourth-order valence-corrected chi connectivity index (χ4v) is 12.2. The second kappa shape index (κ2) is 10.5. The van der Waals surface area contributed by atoms with Crippen LogP contribution in [0.4, 0.5) is 22.7 Å². The molecule has 2 unspecified atom stereocenters. The van der Waals surface area contributed by atoms with Crippen molar-refractivity contribution in [2.24, 2.45) is 0 Å². The molecule has 2 aliphatic carbocycles. The van der Waals surface area contributed by atoms with Crippen molar-refractivity contribution in [3.05, 3.63) is 107 Å². The summed E-state index contributed by atoms with van der Waals surface area (Å²) in [6, 6.07) is 31.1. The van der Waals surface area contributed by atoms with E-state index in [1.165, 1.54) is 116 Å². The minimum Gasteiger partial charge on any atom is -0.456 e. The van der Waals surface area contributed by atoms with E-state index < -0.39 is 0 Å². The van der Waals surface area contributed by atoms with Gasteiger partial charge in [-0.2, -0.15) is 0 Å². The molecule has 1 saturated carbocycles. The molecule has 0 radical (unpaired) electrons. The van der Waals surface area contributed by atoms with Gasteiger partial charge < -0.3 is 14.1 Å². The van der Waals surface area contributed by atoms with Crippen LogP contribution in [0, 0.1) is 6.92 Å². The van der Waals surface area contributed by atoms with Crippen LogP contribution in [0.3, 0.4) is 0 Å². The van der Waals surface area contributed by atoms with Gasteiger partial charge in [-0.25, -0.2) is 0 Å². The molecule has 11 rings (SSSR count). The van der Waals surface area contributed by atoms with Gasteiger partial charge in [0.25, 0.3) is 0 Å². The fourth-order valence-electron chi connectivity index (χ4n) is 12.2. The number of furan rings is 1. The van der Waals surface area contributed by atoms with Crippen molar-refractivity contribution in [2.45, 2.75) is 135 Å². The zero-order valence-corrected chi connectivity index (χ0v) is 34.6. The van der Waals surface area contributed by atoms with Crippen LogP contribution < -0.4 is 20.6 Å². The molecule has 2 atom stereocenters. The number of nitrogens with zero attached hydrogens (tertiary/aromatic N) is 2. The molecule has 6 aromatic rings. The first-order valence-electron chi connectivity index (χ1n) is 21.1. The summed E-state index contributed by atoms with van der Waals surface area (Å²) in [4.78, 5) is 5.57. The molecular weight excluding hydrogens is 667 g/mol. The second-order valence-corrected chi connectivity index (χ2v) is 20.8. The first kappa shape index (κ1) is 33.9. The fraction of sp³-hybridized carbons (Fsp3) is 0.412. The molecule has 55 heavy (non-hydrogen) atoms. The molecule has 3 aliphatic heterocycles. The summed E-state index contributed by atoms with van der Waals surface area (Å²) >= 11 is 0. The van der Waals surface area contributed by atoms with Crippen molar-refractivity contribution >= 4 is 62.5 Å². The van der Waals surface area contributed by atoms with E-state index in [0.29, 0.717) is 0 Å². The highest BCUT2D eigenvalue weighted by molar-refractivity contribution is 6.93. The van der Waals surface area contributed by atoms with Crippen molar-refractivity contribution in [3.8, 4) is 11.1 Å². The molecule has 4 heterocycles. The van der Waals surface area contributed by atoms with Crippen LogP contribution in [-0.2, 0) is 21.7 Å². The number of aryl methyl sites for hydroxylation is 1. The van der Waals surface area contributed by atoms with Crippen LogP contribution in [0.15, 0.2) is 83.3 Å². The Labute approximate surface area is 328 Å². The molecule has 0 saturated heterocycles. The highest BCUT2D eigenvalue weighted by Gasteiger charge is 2.62. The van der Waals surface area contributed by atoms with Gasteiger partial charge in [0.2, 0.25) is 0 Å².